The van der Waals surface area contributed by atoms with Crippen molar-refractivity contribution >= 4 is 28.1 Å². The van der Waals surface area contributed by atoms with Crippen molar-refractivity contribution in [1.82, 2.24) is 10.0 Å². The predicted octanol–water partition coefficient (Wildman–Crippen LogP) is 1.06. The number of nitrogens with zero attached hydrogens (tertiary/aromatic N) is 1. The Hall–Kier alpha value is -1.42. The number of hydrogen-bond donors (Lipinski definition) is 2. The molecule has 1 aliphatic heterocycles. The van der Waals surface area contributed by atoms with Crippen molar-refractivity contribution in [1.29, 1.82) is 0 Å². The number of sulfonamides is 1. The summed E-state index contributed by atoms with van der Waals surface area (Å²) in [6.45, 7) is 1.40. The molecule has 0 aromatic heterocycles. The Balaban J connectivity index is 0.00000242. The summed E-state index contributed by atoms with van der Waals surface area (Å²) in [6.07, 6.45) is 1.60. The summed E-state index contributed by atoms with van der Waals surface area (Å²) in [5.41, 5.74) is -0.294. The maximum atomic E-state index is 12.4. The Labute approximate surface area is 134 Å². The highest BCUT2D eigenvalue weighted by Crippen LogP contribution is 2.28. The minimum Gasteiger partial charge on any atom is -0.495 e. The summed E-state index contributed by atoms with van der Waals surface area (Å²) in [4.78, 5) is 9.95. The Kier molecular flexibility index (Phi) is 6.54. The molecule has 8 nitrogen and oxygen atoms in total. The fraction of sp³-hybridized carbons (Fsp3) is 0.500. The third-order valence-electron chi connectivity index (χ3n) is 3.27. The highest BCUT2D eigenvalue weighted by molar-refractivity contribution is 7.89. The van der Waals surface area contributed by atoms with Crippen LogP contribution in [-0.2, 0) is 10.0 Å². The second-order valence-electron chi connectivity index (χ2n) is 4.76. The highest BCUT2D eigenvalue weighted by atomic mass is 35.5. The maximum Gasteiger partial charge on any atom is 0.271 e. The van der Waals surface area contributed by atoms with E-state index in [2.05, 4.69) is 10.0 Å². The first-order valence-electron chi connectivity index (χ1n) is 6.49. The molecule has 2 N–H and O–H groups in total. The Morgan fingerprint density at radius 3 is 2.73 bits per heavy atom. The van der Waals surface area contributed by atoms with Crippen LogP contribution >= 0.6 is 12.4 Å². The number of methoxy groups -OCH3 is 1. The van der Waals surface area contributed by atoms with Gasteiger partial charge in [-0.2, -0.15) is 0 Å². The lowest BCUT2D eigenvalue weighted by molar-refractivity contribution is -0.385. The monoisotopic (exact) mass is 351 g/mol. The molecule has 0 radical (unpaired) electrons. The summed E-state index contributed by atoms with van der Waals surface area (Å²) in [5.74, 6) is 0.0804. The summed E-state index contributed by atoms with van der Waals surface area (Å²) >= 11 is 0. The van der Waals surface area contributed by atoms with Crippen LogP contribution in [-0.4, -0.2) is 39.6 Å². The van der Waals surface area contributed by atoms with E-state index < -0.39 is 14.9 Å². The van der Waals surface area contributed by atoms with Crippen molar-refractivity contribution in [2.75, 3.05) is 20.2 Å². The molecule has 1 saturated heterocycles. The Morgan fingerprint density at radius 1 is 1.45 bits per heavy atom. The van der Waals surface area contributed by atoms with Crippen molar-refractivity contribution in [3.63, 3.8) is 0 Å². The molecule has 1 aromatic carbocycles. The van der Waals surface area contributed by atoms with Crippen LogP contribution in [0.15, 0.2) is 23.1 Å². The standard InChI is InChI=1S/C12H17N3O5S.ClH/c1-20-11-5-4-10(15(16)17)7-12(11)21(18,19)14-9-3-2-6-13-8-9;/h4-5,7,9,13-14H,2-3,6,8H2,1H3;1H. The summed E-state index contributed by atoms with van der Waals surface area (Å²) in [5, 5.41) is 13.9. The molecule has 0 bridgehead atoms. The van der Waals surface area contributed by atoms with Gasteiger partial charge < -0.3 is 10.1 Å². The van der Waals surface area contributed by atoms with E-state index in [1.165, 1.54) is 19.2 Å². The number of halogens is 1. The number of nitrogens with one attached hydrogen (secondary N) is 2. The average Bonchev–Trinajstić information content (AvgIpc) is 2.47. The van der Waals surface area contributed by atoms with Crippen LogP contribution in [0, 0.1) is 10.1 Å². The molecule has 1 aromatic rings. The molecular weight excluding hydrogens is 334 g/mol. The van der Waals surface area contributed by atoms with Gasteiger partial charge in [0.2, 0.25) is 10.0 Å². The zero-order chi connectivity index (χ0) is 15.5. The molecule has 124 valence electrons. The smallest absolute Gasteiger partial charge is 0.271 e. The number of nitro benzene ring substituents is 1. The van der Waals surface area contributed by atoms with Gasteiger partial charge in [0.1, 0.15) is 10.6 Å². The Bertz CT molecular complexity index is 632. The van der Waals surface area contributed by atoms with Crippen LogP contribution < -0.4 is 14.8 Å². The van der Waals surface area contributed by atoms with Crippen LogP contribution in [0.4, 0.5) is 5.69 Å². The van der Waals surface area contributed by atoms with Gasteiger partial charge in [0.15, 0.2) is 0 Å². The zero-order valence-electron chi connectivity index (χ0n) is 11.9. The lowest BCUT2D eigenvalue weighted by Gasteiger charge is -2.23. The maximum absolute atomic E-state index is 12.4. The molecule has 1 heterocycles. The van der Waals surface area contributed by atoms with E-state index >= 15 is 0 Å². The molecule has 2 rings (SSSR count). The zero-order valence-corrected chi connectivity index (χ0v) is 13.6. The highest BCUT2D eigenvalue weighted by Gasteiger charge is 2.26. The van der Waals surface area contributed by atoms with E-state index in [0.29, 0.717) is 6.54 Å². The largest absolute Gasteiger partial charge is 0.495 e. The van der Waals surface area contributed by atoms with E-state index in [4.69, 9.17) is 4.74 Å². The molecule has 1 fully saturated rings. The van der Waals surface area contributed by atoms with Gasteiger partial charge in [-0.05, 0) is 25.5 Å². The van der Waals surface area contributed by atoms with Gasteiger partial charge in [0, 0.05) is 24.7 Å². The van der Waals surface area contributed by atoms with Crippen molar-refractivity contribution in [3.05, 3.63) is 28.3 Å². The molecule has 0 amide bonds. The number of benzene rings is 1. The summed E-state index contributed by atoms with van der Waals surface area (Å²) in [7, 11) is -2.56. The quantitative estimate of drug-likeness (QED) is 0.606. The first-order valence-corrected chi connectivity index (χ1v) is 7.98. The summed E-state index contributed by atoms with van der Waals surface area (Å²) < 4.78 is 32.4. The molecule has 10 heteroatoms. The van der Waals surface area contributed by atoms with Crippen molar-refractivity contribution in [3.8, 4) is 5.75 Å². The van der Waals surface area contributed by atoms with Crippen LogP contribution in [0.1, 0.15) is 12.8 Å². The molecule has 22 heavy (non-hydrogen) atoms. The van der Waals surface area contributed by atoms with E-state index in [1.807, 2.05) is 0 Å². The molecule has 1 aliphatic rings. The molecule has 1 atom stereocenters. The predicted molar refractivity (Wildman–Crippen MR) is 83.1 cm³/mol. The second kappa shape index (κ2) is 7.73. The number of nitro groups is 1. The van der Waals surface area contributed by atoms with E-state index in [1.54, 1.807) is 0 Å². The normalized spacial score (nSPS) is 18.3. The molecule has 0 saturated carbocycles. The number of hydrogen-bond acceptors (Lipinski definition) is 6. The minimum absolute atomic E-state index is 0. The number of non-ortho nitro benzene ring substituents is 1. The number of rotatable bonds is 5. The molecular formula is C12H18ClN3O5S. The van der Waals surface area contributed by atoms with E-state index in [0.717, 1.165) is 25.5 Å². The van der Waals surface area contributed by atoms with Crippen molar-refractivity contribution in [2.24, 2.45) is 0 Å². The average molecular weight is 352 g/mol. The molecule has 1 unspecified atom stereocenters. The first kappa shape index (κ1) is 18.6. The van der Waals surface area contributed by atoms with Crippen LogP contribution in [0.2, 0.25) is 0 Å². The number of ether oxygens (including phenoxy) is 1. The lowest BCUT2D eigenvalue weighted by Crippen LogP contribution is -2.45. The van der Waals surface area contributed by atoms with Gasteiger partial charge in [-0.25, -0.2) is 13.1 Å². The number of piperidine rings is 1. The van der Waals surface area contributed by atoms with Gasteiger partial charge in [0.25, 0.3) is 5.69 Å². The topological polar surface area (TPSA) is 111 Å². The SMILES string of the molecule is COc1ccc([N+](=O)[O-])cc1S(=O)(=O)NC1CCCNC1.Cl. The van der Waals surface area contributed by atoms with Gasteiger partial charge in [0.05, 0.1) is 12.0 Å². The third kappa shape index (κ3) is 4.29. The van der Waals surface area contributed by atoms with E-state index in [-0.39, 0.29) is 34.8 Å². The van der Waals surface area contributed by atoms with Crippen LogP contribution in [0.25, 0.3) is 0 Å². The lowest BCUT2D eigenvalue weighted by atomic mass is 10.1. The van der Waals surface area contributed by atoms with Gasteiger partial charge in [-0.15, -0.1) is 12.4 Å². The Morgan fingerprint density at radius 2 is 2.18 bits per heavy atom. The third-order valence-corrected chi connectivity index (χ3v) is 4.81. The second-order valence-corrected chi connectivity index (χ2v) is 6.44. The van der Waals surface area contributed by atoms with Crippen LogP contribution in [0.3, 0.4) is 0 Å². The fourth-order valence-electron chi connectivity index (χ4n) is 2.22. The first-order chi connectivity index (χ1) is 9.94. The van der Waals surface area contributed by atoms with Gasteiger partial charge >= 0.3 is 0 Å². The summed E-state index contributed by atoms with van der Waals surface area (Å²) in [6, 6.07) is 3.27. The van der Waals surface area contributed by atoms with Crippen molar-refractivity contribution in [2.45, 2.75) is 23.8 Å². The van der Waals surface area contributed by atoms with Crippen molar-refractivity contribution < 1.29 is 18.1 Å². The molecule has 0 aliphatic carbocycles. The van der Waals surface area contributed by atoms with Gasteiger partial charge in [-0.1, -0.05) is 0 Å². The van der Waals surface area contributed by atoms with Gasteiger partial charge in [-0.3, -0.25) is 10.1 Å². The van der Waals surface area contributed by atoms with Crippen LogP contribution in [0.5, 0.6) is 5.75 Å². The van der Waals surface area contributed by atoms with E-state index in [9.17, 15) is 18.5 Å². The molecule has 0 spiro atoms. The minimum atomic E-state index is -3.88. The fourth-order valence-corrected chi connectivity index (χ4v) is 3.68.